The Labute approximate surface area is 122 Å². The molecule has 2 heterocycles. The highest BCUT2D eigenvalue weighted by molar-refractivity contribution is 9.10. The van der Waals surface area contributed by atoms with E-state index in [1.54, 1.807) is 22.7 Å². The third-order valence-electron chi connectivity index (χ3n) is 2.80. The van der Waals surface area contributed by atoms with Gasteiger partial charge in [-0.25, -0.2) is 0 Å². The van der Waals surface area contributed by atoms with Crippen LogP contribution in [0.25, 0.3) is 9.40 Å². The Balaban J connectivity index is 1.82. The zero-order chi connectivity index (χ0) is 12.5. The van der Waals surface area contributed by atoms with Gasteiger partial charge in [0.25, 0.3) is 0 Å². The van der Waals surface area contributed by atoms with Crippen molar-refractivity contribution in [3.8, 4) is 0 Å². The van der Waals surface area contributed by atoms with Crippen LogP contribution >= 0.6 is 38.6 Å². The number of aliphatic hydroxyl groups is 1. The van der Waals surface area contributed by atoms with Crippen molar-refractivity contribution in [3.05, 3.63) is 56.7 Å². The molecule has 0 saturated heterocycles. The molecule has 3 aromatic rings. The number of rotatable bonds is 3. The van der Waals surface area contributed by atoms with E-state index in [-0.39, 0.29) is 0 Å². The molecule has 1 atom stereocenters. The van der Waals surface area contributed by atoms with Crippen LogP contribution in [0.15, 0.2) is 46.3 Å². The van der Waals surface area contributed by atoms with Crippen molar-refractivity contribution in [1.29, 1.82) is 0 Å². The van der Waals surface area contributed by atoms with Crippen LogP contribution in [0, 0.1) is 0 Å². The summed E-state index contributed by atoms with van der Waals surface area (Å²) < 4.78 is 3.59. The molecule has 0 aliphatic heterocycles. The topological polar surface area (TPSA) is 20.2 Å². The van der Waals surface area contributed by atoms with Crippen molar-refractivity contribution in [3.63, 3.8) is 0 Å². The number of benzene rings is 1. The molecule has 0 bridgehead atoms. The van der Waals surface area contributed by atoms with E-state index in [2.05, 4.69) is 39.5 Å². The number of hydrogen-bond donors (Lipinski definition) is 1. The van der Waals surface area contributed by atoms with E-state index < -0.39 is 6.10 Å². The molecular formula is C14H11BrOS2. The highest BCUT2D eigenvalue weighted by Crippen LogP contribution is 2.34. The second kappa shape index (κ2) is 5.13. The minimum atomic E-state index is -0.413. The molecule has 1 unspecified atom stereocenters. The number of halogens is 1. The first-order valence-electron chi connectivity index (χ1n) is 5.62. The summed E-state index contributed by atoms with van der Waals surface area (Å²) in [5.74, 6) is 0. The van der Waals surface area contributed by atoms with Gasteiger partial charge in [0.2, 0.25) is 0 Å². The van der Waals surface area contributed by atoms with Gasteiger partial charge in [-0.2, -0.15) is 0 Å². The summed E-state index contributed by atoms with van der Waals surface area (Å²) in [6.07, 6.45) is 0.247. The number of thiophene rings is 2. The fourth-order valence-electron chi connectivity index (χ4n) is 1.94. The molecule has 2 aromatic heterocycles. The van der Waals surface area contributed by atoms with E-state index in [0.29, 0.717) is 6.42 Å². The van der Waals surface area contributed by atoms with Gasteiger partial charge in [0.1, 0.15) is 0 Å². The maximum absolute atomic E-state index is 10.3. The quantitative estimate of drug-likeness (QED) is 0.712. The van der Waals surface area contributed by atoms with Crippen molar-refractivity contribution in [2.75, 3.05) is 0 Å². The predicted molar refractivity (Wildman–Crippen MR) is 82.5 cm³/mol. The predicted octanol–water partition coefficient (Wildman–Crippen LogP) is 5.00. The van der Waals surface area contributed by atoms with Crippen molar-refractivity contribution < 1.29 is 5.11 Å². The minimum Gasteiger partial charge on any atom is -0.387 e. The molecule has 92 valence electrons. The molecule has 0 spiro atoms. The van der Waals surface area contributed by atoms with E-state index in [0.717, 1.165) is 14.9 Å². The zero-order valence-corrected chi connectivity index (χ0v) is 12.7. The Hall–Kier alpha value is -0.680. The molecular weight excluding hydrogens is 328 g/mol. The van der Waals surface area contributed by atoms with Gasteiger partial charge in [0.15, 0.2) is 0 Å². The van der Waals surface area contributed by atoms with Gasteiger partial charge in [-0.15, -0.1) is 22.7 Å². The molecule has 1 nitrogen and oxygen atoms in total. The first-order chi connectivity index (χ1) is 8.72. The molecule has 0 saturated carbocycles. The van der Waals surface area contributed by atoms with E-state index in [9.17, 15) is 5.11 Å². The molecule has 18 heavy (non-hydrogen) atoms. The van der Waals surface area contributed by atoms with Crippen LogP contribution in [0.5, 0.6) is 0 Å². The van der Waals surface area contributed by atoms with Gasteiger partial charge in [0, 0.05) is 25.2 Å². The highest BCUT2D eigenvalue weighted by Gasteiger charge is 2.13. The van der Waals surface area contributed by atoms with Gasteiger partial charge in [-0.3, -0.25) is 0 Å². The first-order valence-corrected chi connectivity index (χ1v) is 8.11. The lowest BCUT2D eigenvalue weighted by Gasteiger charge is -2.08. The number of hydrogen-bond acceptors (Lipinski definition) is 3. The molecule has 0 aliphatic rings. The first kappa shape index (κ1) is 12.4. The molecule has 3 rings (SSSR count). The van der Waals surface area contributed by atoms with Crippen LogP contribution in [0.3, 0.4) is 0 Å². The minimum absolute atomic E-state index is 0.413. The maximum atomic E-state index is 10.3. The average Bonchev–Trinajstić information content (AvgIpc) is 2.88. The molecule has 4 heteroatoms. The maximum Gasteiger partial charge on any atom is 0.0922 e. The summed E-state index contributed by atoms with van der Waals surface area (Å²) in [6.45, 7) is 0. The second-order valence-corrected chi connectivity index (χ2v) is 7.13. The summed E-state index contributed by atoms with van der Waals surface area (Å²) >= 11 is 6.86. The molecule has 0 aliphatic carbocycles. The van der Waals surface area contributed by atoms with E-state index in [1.165, 1.54) is 9.40 Å². The Morgan fingerprint density at radius 2 is 2.06 bits per heavy atom. The van der Waals surface area contributed by atoms with Gasteiger partial charge >= 0.3 is 0 Å². The summed E-state index contributed by atoms with van der Waals surface area (Å²) in [6, 6.07) is 12.3. The Morgan fingerprint density at radius 1 is 1.17 bits per heavy atom. The Bertz CT molecular complexity index is 643. The van der Waals surface area contributed by atoms with Crippen LogP contribution < -0.4 is 0 Å². The van der Waals surface area contributed by atoms with Crippen molar-refractivity contribution in [2.24, 2.45) is 0 Å². The standard InChI is InChI=1S/C14H11BrOS2/c15-10-3-1-2-9(6-10)7-11(16)13-8-14-12(18-13)4-5-17-14/h1-6,8,11,16H,7H2. The zero-order valence-electron chi connectivity index (χ0n) is 9.47. The van der Waals surface area contributed by atoms with Crippen LogP contribution in [0.1, 0.15) is 16.5 Å². The molecule has 0 radical (unpaired) electrons. The summed E-state index contributed by atoms with van der Waals surface area (Å²) in [5, 5.41) is 12.4. The van der Waals surface area contributed by atoms with Crippen LogP contribution in [0.4, 0.5) is 0 Å². The van der Waals surface area contributed by atoms with Gasteiger partial charge in [0.05, 0.1) is 6.10 Å². The van der Waals surface area contributed by atoms with Crippen LogP contribution in [0.2, 0.25) is 0 Å². The van der Waals surface area contributed by atoms with Crippen molar-refractivity contribution in [1.82, 2.24) is 0 Å². The van der Waals surface area contributed by atoms with Crippen molar-refractivity contribution in [2.45, 2.75) is 12.5 Å². The smallest absolute Gasteiger partial charge is 0.0922 e. The lowest BCUT2D eigenvalue weighted by molar-refractivity contribution is 0.182. The monoisotopic (exact) mass is 338 g/mol. The number of fused-ring (bicyclic) bond motifs is 1. The SMILES string of the molecule is OC(Cc1cccc(Br)c1)c1cc2sccc2s1. The normalized spacial score (nSPS) is 13.0. The van der Waals surface area contributed by atoms with E-state index >= 15 is 0 Å². The highest BCUT2D eigenvalue weighted by atomic mass is 79.9. The lowest BCUT2D eigenvalue weighted by Crippen LogP contribution is -1.99. The summed E-state index contributed by atoms with van der Waals surface area (Å²) in [7, 11) is 0. The van der Waals surface area contributed by atoms with Crippen LogP contribution in [-0.4, -0.2) is 5.11 Å². The summed E-state index contributed by atoms with van der Waals surface area (Å²) in [5.41, 5.74) is 1.15. The van der Waals surface area contributed by atoms with E-state index in [4.69, 9.17) is 0 Å². The molecule has 0 fully saturated rings. The fraction of sp³-hybridized carbons (Fsp3) is 0.143. The third-order valence-corrected chi connectivity index (χ3v) is 5.49. The van der Waals surface area contributed by atoms with Gasteiger partial charge < -0.3 is 5.11 Å². The van der Waals surface area contributed by atoms with Gasteiger partial charge in [-0.1, -0.05) is 28.1 Å². The second-order valence-electron chi connectivity index (χ2n) is 4.15. The lowest BCUT2D eigenvalue weighted by atomic mass is 10.1. The Kier molecular flexibility index (Phi) is 3.52. The van der Waals surface area contributed by atoms with E-state index in [1.807, 2.05) is 18.2 Å². The Morgan fingerprint density at radius 3 is 2.83 bits per heavy atom. The number of aliphatic hydroxyl groups excluding tert-OH is 1. The summed E-state index contributed by atoms with van der Waals surface area (Å²) in [4.78, 5) is 1.05. The molecule has 1 aromatic carbocycles. The largest absolute Gasteiger partial charge is 0.387 e. The fourth-order valence-corrected chi connectivity index (χ4v) is 4.49. The van der Waals surface area contributed by atoms with Gasteiger partial charge in [-0.05, 0) is 35.2 Å². The van der Waals surface area contributed by atoms with Crippen molar-refractivity contribution >= 4 is 48.0 Å². The van der Waals surface area contributed by atoms with Crippen LogP contribution in [-0.2, 0) is 6.42 Å². The third kappa shape index (κ3) is 2.52. The molecule has 1 N–H and O–H groups in total. The molecule has 0 amide bonds. The average molecular weight is 339 g/mol.